The highest BCUT2D eigenvalue weighted by Crippen LogP contribution is 2.43. The lowest BCUT2D eigenvalue weighted by Gasteiger charge is -2.36. The molecule has 1 saturated heterocycles. The van der Waals surface area contributed by atoms with Crippen LogP contribution >= 0.6 is 15.9 Å². The van der Waals surface area contributed by atoms with Gasteiger partial charge in [0.05, 0.1) is 14.2 Å². The molecule has 1 aromatic carbocycles. The predicted molar refractivity (Wildman–Crippen MR) is 80.5 cm³/mol. The van der Waals surface area contributed by atoms with Crippen molar-refractivity contribution in [1.82, 2.24) is 10.2 Å². The van der Waals surface area contributed by atoms with Crippen molar-refractivity contribution >= 4 is 15.9 Å². The Hall–Kier alpha value is -0.990. The quantitative estimate of drug-likeness (QED) is 0.867. The third-order valence-corrected chi connectivity index (χ3v) is 4.39. The maximum Gasteiger partial charge on any atom is 0.408 e. The number of rotatable bonds is 4. The summed E-state index contributed by atoms with van der Waals surface area (Å²) in [5.41, 5.74) is 0.117. The highest BCUT2D eigenvalue weighted by Gasteiger charge is 2.45. The molecule has 22 heavy (non-hydrogen) atoms. The number of benzene rings is 1. The first-order valence-corrected chi connectivity index (χ1v) is 7.60. The highest BCUT2D eigenvalue weighted by atomic mass is 79.9. The lowest BCUT2D eigenvalue weighted by molar-refractivity contribution is -0.187. The molecule has 0 saturated carbocycles. The second kappa shape index (κ2) is 7.06. The molecular formula is C14H18BrF3N2O2. The predicted octanol–water partition coefficient (Wildman–Crippen LogP) is 2.97. The molecule has 0 amide bonds. The minimum atomic E-state index is -4.37. The van der Waals surface area contributed by atoms with E-state index in [0.29, 0.717) is 42.2 Å². The molecule has 1 aliphatic rings. The molecule has 1 atom stereocenters. The van der Waals surface area contributed by atoms with Crippen LogP contribution in [-0.4, -0.2) is 51.5 Å². The lowest BCUT2D eigenvalue weighted by atomic mass is 10.0. The monoisotopic (exact) mass is 382 g/mol. The summed E-state index contributed by atoms with van der Waals surface area (Å²) in [4.78, 5) is 1.43. The van der Waals surface area contributed by atoms with Gasteiger partial charge >= 0.3 is 6.18 Å². The van der Waals surface area contributed by atoms with Gasteiger partial charge in [0.1, 0.15) is 22.0 Å². The Bertz CT molecular complexity index is 494. The van der Waals surface area contributed by atoms with E-state index in [4.69, 9.17) is 9.47 Å². The largest absolute Gasteiger partial charge is 0.495 e. The first kappa shape index (κ1) is 17.4. The van der Waals surface area contributed by atoms with Gasteiger partial charge in [0.15, 0.2) is 0 Å². The van der Waals surface area contributed by atoms with Gasteiger partial charge in [-0.2, -0.15) is 13.2 Å². The summed E-state index contributed by atoms with van der Waals surface area (Å²) in [6.07, 6.45) is -4.37. The first-order chi connectivity index (χ1) is 10.4. The summed E-state index contributed by atoms with van der Waals surface area (Å²) in [5, 5.41) is 3.06. The van der Waals surface area contributed by atoms with Crippen molar-refractivity contribution in [2.45, 2.75) is 12.2 Å². The maximum atomic E-state index is 13.6. The summed E-state index contributed by atoms with van der Waals surface area (Å²) in [5.74, 6) is 0.637. The van der Waals surface area contributed by atoms with Crippen molar-refractivity contribution in [2.24, 2.45) is 0 Å². The van der Waals surface area contributed by atoms with Gasteiger partial charge in [0.25, 0.3) is 0 Å². The molecular weight excluding hydrogens is 365 g/mol. The molecule has 1 aromatic rings. The van der Waals surface area contributed by atoms with Crippen LogP contribution in [0.15, 0.2) is 16.6 Å². The molecule has 1 aliphatic heterocycles. The molecule has 124 valence electrons. The van der Waals surface area contributed by atoms with Crippen LogP contribution < -0.4 is 14.8 Å². The van der Waals surface area contributed by atoms with Crippen molar-refractivity contribution in [3.63, 3.8) is 0 Å². The maximum absolute atomic E-state index is 13.6. The number of hydrogen-bond donors (Lipinski definition) is 1. The summed E-state index contributed by atoms with van der Waals surface area (Å²) in [6.45, 7) is 1.75. The van der Waals surface area contributed by atoms with Crippen LogP contribution in [0.4, 0.5) is 13.2 Å². The van der Waals surface area contributed by atoms with Crippen molar-refractivity contribution in [1.29, 1.82) is 0 Å². The molecule has 1 N–H and O–H groups in total. The Morgan fingerprint density at radius 1 is 1.14 bits per heavy atom. The van der Waals surface area contributed by atoms with Crippen LogP contribution in [0.5, 0.6) is 11.5 Å². The van der Waals surface area contributed by atoms with E-state index >= 15 is 0 Å². The van der Waals surface area contributed by atoms with Crippen LogP contribution in [0.25, 0.3) is 0 Å². The molecule has 0 aliphatic carbocycles. The number of halogens is 4. The lowest BCUT2D eigenvalue weighted by Crippen LogP contribution is -2.49. The number of piperazine rings is 1. The Morgan fingerprint density at radius 2 is 1.64 bits per heavy atom. The van der Waals surface area contributed by atoms with E-state index in [-0.39, 0.29) is 5.56 Å². The van der Waals surface area contributed by atoms with Gasteiger partial charge in [-0.3, -0.25) is 4.90 Å². The zero-order valence-electron chi connectivity index (χ0n) is 12.3. The van der Waals surface area contributed by atoms with Crippen LogP contribution in [0.2, 0.25) is 0 Å². The molecule has 0 radical (unpaired) electrons. The van der Waals surface area contributed by atoms with Gasteiger partial charge in [0, 0.05) is 26.2 Å². The van der Waals surface area contributed by atoms with E-state index in [2.05, 4.69) is 21.2 Å². The standard InChI is InChI=1S/C14H18BrF3N2O2/c1-21-10-7-9(8-11(22-2)12(10)15)13(14(16,17)18)20-5-3-19-4-6-20/h7-8,13,19H,3-6H2,1-2H3/t13-/m1/s1. The van der Waals surface area contributed by atoms with Crippen molar-refractivity contribution in [2.75, 3.05) is 40.4 Å². The van der Waals surface area contributed by atoms with Gasteiger partial charge < -0.3 is 14.8 Å². The third kappa shape index (κ3) is 3.67. The van der Waals surface area contributed by atoms with Gasteiger partial charge in [-0.1, -0.05) is 0 Å². The Labute approximate surface area is 135 Å². The summed E-state index contributed by atoms with van der Waals surface area (Å²) < 4.78 is 51.6. The molecule has 0 bridgehead atoms. The van der Waals surface area contributed by atoms with Gasteiger partial charge in [-0.05, 0) is 33.6 Å². The number of nitrogens with zero attached hydrogens (tertiary/aromatic N) is 1. The van der Waals surface area contributed by atoms with Crippen molar-refractivity contribution in [3.05, 3.63) is 22.2 Å². The van der Waals surface area contributed by atoms with Crippen molar-refractivity contribution < 1.29 is 22.6 Å². The van der Waals surface area contributed by atoms with E-state index in [0.717, 1.165) is 0 Å². The normalized spacial score (nSPS) is 18.1. The number of hydrogen-bond acceptors (Lipinski definition) is 4. The SMILES string of the molecule is COc1cc([C@@H](N2CCNCC2)C(F)(F)F)cc(OC)c1Br. The third-order valence-electron chi connectivity index (χ3n) is 3.61. The number of methoxy groups -OCH3 is 2. The second-order valence-electron chi connectivity index (χ2n) is 4.97. The van der Waals surface area contributed by atoms with E-state index in [1.165, 1.54) is 31.3 Å². The molecule has 4 nitrogen and oxygen atoms in total. The first-order valence-electron chi connectivity index (χ1n) is 6.81. The van der Waals surface area contributed by atoms with Crippen LogP contribution in [0.1, 0.15) is 11.6 Å². The average molecular weight is 383 g/mol. The molecule has 8 heteroatoms. The summed E-state index contributed by atoms with van der Waals surface area (Å²) in [6, 6.07) is 1.14. The zero-order valence-corrected chi connectivity index (χ0v) is 13.9. The molecule has 0 spiro atoms. The van der Waals surface area contributed by atoms with E-state index in [1.807, 2.05) is 0 Å². The fraction of sp³-hybridized carbons (Fsp3) is 0.571. The summed E-state index contributed by atoms with van der Waals surface area (Å²) >= 11 is 3.28. The zero-order chi connectivity index (χ0) is 16.3. The minimum absolute atomic E-state index is 0.117. The van der Waals surface area contributed by atoms with Gasteiger partial charge in [-0.15, -0.1) is 0 Å². The number of alkyl halides is 3. The second-order valence-corrected chi connectivity index (χ2v) is 5.76. The van der Waals surface area contributed by atoms with E-state index in [9.17, 15) is 13.2 Å². The Morgan fingerprint density at radius 3 is 2.05 bits per heavy atom. The average Bonchev–Trinajstić information content (AvgIpc) is 2.48. The molecule has 0 aromatic heterocycles. The summed E-state index contributed by atoms with van der Waals surface area (Å²) in [7, 11) is 2.83. The molecule has 1 fully saturated rings. The molecule has 1 heterocycles. The van der Waals surface area contributed by atoms with E-state index in [1.54, 1.807) is 0 Å². The minimum Gasteiger partial charge on any atom is -0.495 e. The Kier molecular flexibility index (Phi) is 5.57. The van der Waals surface area contributed by atoms with Crippen molar-refractivity contribution in [3.8, 4) is 11.5 Å². The van der Waals surface area contributed by atoms with Gasteiger partial charge in [-0.25, -0.2) is 0 Å². The molecule has 0 unspecified atom stereocenters. The highest BCUT2D eigenvalue weighted by molar-refractivity contribution is 9.10. The van der Waals surface area contributed by atoms with Crippen LogP contribution in [0, 0.1) is 0 Å². The fourth-order valence-electron chi connectivity index (χ4n) is 2.59. The number of nitrogens with one attached hydrogen (secondary N) is 1. The molecule has 2 rings (SSSR count). The van der Waals surface area contributed by atoms with Gasteiger partial charge in [0.2, 0.25) is 0 Å². The van der Waals surface area contributed by atoms with E-state index < -0.39 is 12.2 Å². The fourth-order valence-corrected chi connectivity index (χ4v) is 3.15. The van der Waals surface area contributed by atoms with Crippen LogP contribution in [0.3, 0.4) is 0 Å². The Balaban J connectivity index is 2.47. The smallest absolute Gasteiger partial charge is 0.408 e. The number of ether oxygens (including phenoxy) is 2. The van der Waals surface area contributed by atoms with Crippen LogP contribution in [-0.2, 0) is 0 Å². The topological polar surface area (TPSA) is 33.7 Å².